The Bertz CT molecular complexity index is 1610. The van der Waals surface area contributed by atoms with Crippen molar-refractivity contribution in [3.63, 3.8) is 0 Å². The van der Waals surface area contributed by atoms with E-state index in [1.54, 1.807) is 0 Å². The Morgan fingerprint density at radius 3 is 2.26 bits per heavy atom. The second kappa shape index (κ2) is 23.7. The number of thiol groups is 1. The summed E-state index contributed by atoms with van der Waals surface area (Å²) in [5, 5.41) is 26.0. The van der Waals surface area contributed by atoms with Gasteiger partial charge in [-0.1, -0.05) is 13.8 Å². The molecule has 2 amide bonds. The van der Waals surface area contributed by atoms with Gasteiger partial charge in [0.1, 0.15) is 36.3 Å². The first-order valence-corrected chi connectivity index (χ1v) is 18.7. The molecule has 0 saturated carbocycles. The second-order valence-electron chi connectivity index (χ2n) is 10.7. The molecule has 8 atom stereocenters. The third-order valence-corrected chi connectivity index (χ3v) is 9.74. The van der Waals surface area contributed by atoms with Gasteiger partial charge in [-0.05, 0) is 0 Å². The number of carbonyl (C=O) groups excluding carboxylic acids is 2. The van der Waals surface area contributed by atoms with Crippen LogP contribution in [0.5, 0.6) is 0 Å². The van der Waals surface area contributed by atoms with Gasteiger partial charge in [0.15, 0.2) is 17.7 Å². The Morgan fingerprint density at radius 1 is 1.08 bits per heavy atom. The fraction of sp³-hybridized carbons (Fsp3) is 0.667. The molecular weight excluding hydrogens is 784 g/mol. The van der Waals surface area contributed by atoms with E-state index in [1.165, 1.54) is 13.8 Å². The van der Waals surface area contributed by atoms with Crippen molar-refractivity contribution in [3.8, 4) is 0 Å². The normalized spacial score (nSPS) is 22.1. The van der Waals surface area contributed by atoms with E-state index in [0.717, 1.165) is 17.2 Å². The molecule has 3 heterocycles. The average Bonchev–Trinajstić information content (AvgIpc) is 3.54. The van der Waals surface area contributed by atoms with Crippen molar-refractivity contribution >= 4 is 64.9 Å². The molecule has 0 aliphatic carbocycles. The van der Waals surface area contributed by atoms with Gasteiger partial charge in [-0.3, -0.25) is 27.9 Å². The quantitative estimate of drug-likeness (QED) is 0.0417. The van der Waals surface area contributed by atoms with Crippen LogP contribution in [0.3, 0.4) is 0 Å². The molecule has 32 heteroatoms. The van der Waals surface area contributed by atoms with Crippen LogP contribution in [0.15, 0.2) is 12.7 Å². The molecule has 11 N–H and O–H groups in total. The number of nitrogens with zero attached hydrogens (tertiary/aromatic N) is 4. The predicted molar refractivity (Wildman–Crippen MR) is 164 cm³/mol. The van der Waals surface area contributed by atoms with Crippen LogP contribution in [0.4, 0.5) is 5.82 Å². The molecule has 0 spiro atoms. The largest absolute Gasteiger partial charge is 1.00 e. The number of carbonyl (C=O) groups is 2. The zero-order valence-electron chi connectivity index (χ0n) is 29.1. The average molecular weight is 821 g/mol. The number of anilines is 1. The fourth-order valence-corrected chi connectivity index (χ4v) is 6.97. The number of phosphoric ester groups is 3. The van der Waals surface area contributed by atoms with Crippen LogP contribution in [0.25, 0.3) is 11.2 Å². The molecule has 3 unspecified atom stereocenters. The molecule has 3 rings (SSSR count). The van der Waals surface area contributed by atoms with Crippen LogP contribution >= 0.6 is 36.1 Å². The summed E-state index contributed by atoms with van der Waals surface area (Å²) < 4.78 is 60.4. The van der Waals surface area contributed by atoms with E-state index in [2.05, 4.69) is 56.1 Å². The van der Waals surface area contributed by atoms with Crippen molar-refractivity contribution in [1.29, 1.82) is 0 Å². The Labute approximate surface area is 343 Å². The van der Waals surface area contributed by atoms with Crippen molar-refractivity contribution in [2.45, 2.75) is 50.9 Å². The Morgan fingerprint density at radius 2 is 1.68 bits per heavy atom. The van der Waals surface area contributed by atoms with Crippen molar-refractivity contribution < 1.29 is 143 Å². The molecule has 53 heavy (non-hydrogen) atoms. The molecule has 288 valence electrons. The first-order valence-electron chi connectivity index (χ1n) is 13.6. The Balaban J connectivity index is -0.00000500. The number of aliphatic hydroxyl groups excluding tert-OH is 2. The number of amides is 2. The number of ether oxygens (including phenoxy) is 1. The number of nitrogen functional groups attached to an aromatic ring is 1. The number of nitrogens with one attached hydrogen (secondary N) is 2. The summed E-state index contributed by atoms with van der Waals surface area (Å²) in [6.07, 6.45) is -7.21. The molecule has 0 bridgehead atoms. The van der Waals surface area contributed by atoms with Gasteiger partial charge in [-0.2, -0.15) is 12.6 Å². The van der Waals surface area contributed by atoms with Gasteiger partial charge >= 0.3 is 56.6 Å². The predicted octanol–water partition coefficient (Wildman–Crippen LogP) is -14.2. The van der Waals surface area contributed by atoms with E-state index in [1.807, 2.05) is 0 Å². The maximum Gasteiger partial charge on any atom is 1.00 e. The summed E-state index contributed by atoms with van der Waals surface area (Å²) in [6, 6.07) is 0. The molecule has 1 saturated heterocycles. The van der Waals surface area contributed by atoms with Gasteiger partial charge < -0.3 is 75.4 Å². The number of aliphatic hydroxyl groups is 2. The van der Waals surface area contributed by atoms with Gasteiger partial charge in [0.2, 0.25) is 11.8 Å². The molecule has 1 aliphatic rings. The van der Waals surface area contributed by atoms with Gasteiger partial charge in [-0.25, -0.2) is 19.3 Å². The molecule has 2 aromatic heterocycles. The van der Waals surface area contributed by atoms with Crippen LogP contribution in [0, 0.1) is 5.41 Å². The van der Waals surface area contributed by atoms with Crippen molar-refractivity contribution in [2.24, 2.45) is 5.41 Å². The summed E-state index contributed by atoms with van der Waals surface area (Å²) in [4.78, 5) is 81.0. The number of rotatable bonds is 18. The van der Waals surface area contributed by atoms with E-state index in [0.29, 0.717) is 12.3 Å². The van der Waals surface area contributed by atoms with Crippen LogP contribution in [0.2, 0.25) is 0 Å². The van der Waals surface area contributed by atoms with E-state index in [-0.39, 0.29) is 103 Å². The van der Waals surface area contributed by atoms with Crippen molar-refractivity contribution in [1.82, 2.24) is 30.2 Å². The van der Waals surface area contributed by atoms with Gasteiger partial charge in [0, 0.05) is 30.7 Å². The zero-order valence-corrected chi connectivity index (χ0v) is 32.7. The Hall–Kier alpha value is -0.398. The summed E-state index contributed by atoms with van der Waals surface area (Å²) in [5.41, 5.74) is 4.15. The Kier molecular flexibility index (Phi) is 25.5. The molecule has 1 fully saturated rings. The third-order valence-electron chi connectivity index (χ3n) is 6.49. The van der Waals surface area contributed by atoms with Gasteiger partial charge in [0.05, 0.1) is 19.5 Å². The number of fused-ring (bicyclic) bond motifs is 1. The number of nitrogens with two attached hydrogens (primary N) is 1. The van der Waals surface area contributed by atoms with Crippen molar-refractivity contribution in [2.75, 3.05) is 37.8 Å². The molecular formula is C21H37Li3N7O18P3S. The maximum absolute atomic E-state index is 12.4. The number of phosphoric acid groups is 3. The van der Waals surface area contributed by atoms with Crippen molar-refractivity contribution in [3.05, 3.63) is 12.7 Å². The minimum Gasteiger partial charge on any atom is -0.756 e. The van der Waals surface area contributed by atoms with E-state index in [9.17, 15) is 53.1 Å². The van der Waals surface area contributed by atoms with E-state index < -0.39 is 78.6 Å². The molecule has 1 aliphatic heterocycles. The van der Waals surface area contributed by atoms with Crippen LogP contribution in [0.1, 0.15) is 26.5 Å². The summed E-state index contributed by atoms with van der Waals surface area (Å²) in [6.45, 7) is 0.374. The number of aromatic nitrogens is 4. The van der Waals surface area contributed by atoms with Crippen LogP contribution < -0.4 is 87.6 Å². The van der Waals surface area contributed by atoms with Gasteiger partial charge in [-0.15, -0.1) is 0 Å². The maximum atomic E-state index is 12.4. The van der Waals surface area contributed by atoms with E-state index in [4.69, 9.17) is 10.5 Å². The summed E-state index contributed by atoms with van der Waals surface area (Å²) >= 11 is 3.94. The molecule has 0 radical (unpaired) electrons. The van der Waals surface area contributed by atoms with Gasteiger partial charge in [0.25, 0.3) is 23.5 Å². The minimum absolute atomic E-state index is 0. The third kappa shape index (κ3) is 16.9. The summed E-state index contributed by atoms with van der Waals surface area (Å²) in [7, 11) is -17.2. The number of imidazole rings is 1. The monoisotopic (exact) mass is 821 g/mol. The first-order chi connectivity index (χ1) is 22.2. The first kappa shape index (κ1) is 56.9. The SMILES string of the molecule is CC(C)(COP(=O)([O-])OP(=O)([O-])OC[C@H]1O[C@@H](n2cnc3c(N)ncnc32)[C@H](O)[C@@H]1OP(=O)([O-])O)[C@@H](O)C(=O)NCCC(=O)NCCS.O.O.[Li+].[Li+].[Li+]. The van der Waals surface area contributed by atoms with Crippen LogP contribution in [-0.2, 0) is 45.9 Å². The smallest absolute Gasteiger partial charge is 0.756 e. The zero-order chi connectivity index (χ0) is 36.1. The molecule has 0 aromatic carbocycles. The number of hydrogen-bond acceptors (Lipinski definition) is 20. The molecule has 2 aromatic rings. The number of hydrogen-bond donors (Lipinski definition) is 7. The standard InChI is InChI=1S/C21H36N7O16P3S.3Li.2H2O/c1-21(2,16(31)19(32)24-4-3-12(29)23-5-6-48)8-41-47(38,39)44-46(36,37)40-7-11-15(43-45(33,34)35)14(30)20(42-11)28-10-27-13-17(22)25-9-26-18(13)28;;;;;/h9-11,14-16,20,30-31,48H,3-8H2,1-2H3,(H,23,29)(H,24,32)(H,36,37)(H,38,39)(H2,22,25,26)(H2,33,34,35);;;;2*1H2/q;3*+1;;/p-3/t11-,14-,15-,16+,20-;;;;;/m1...../s1. The van der Waals surface area contributed by atoms with Crippen LogP contribution in [-0.4, -0.2) is 114 Å². The minimum atomic E-state index is -5.87. The fourth-order valence-electron chi connectivity index (χ4n) is 4.12. The summed E-state index contributed by atoms with van der Waals surface area (Å²) in [5.74, 6) is -1.03. The van der Waals surface area contributed by atoms with E-state index >= 15 is 0 Å². The second-order valence-corrected chi connectivity index (χ2v) is 15.3. The topological polar surface area (TPSA) is 418 Å². The molecule has 25 nitrogen and oxygen atoms in total.